The summed E-state index contributed by atoms with van der Waals surface area (Å²) in [6.45, 7) is 4.29. The number of rotatable bonds is 6. The molecule has 3 nitrogen and oxygen atoms in total. The van der Waals surface area contributed by atoms with E-state index in [1.165, 1.54) is 3.57 Å². The van der Waals surface area contributed by atoms with Gasteiger partial charge in [-0.25, -0.2) is 0 Å². The van der Waals surface area contributed by atoms with Crippen LogP contribution in [0.25, 0.3) is 0 Å². The van der Waals surface area contributed by atoms with Crippen LogP contribution in [0.15, 0.2) is 24.3 Å². The van der Waals surface area contributed by atoms with Crippen molar-refractivity contribution in [2.45, 2.75) is 25.8 Å². The van der Waals surface area contributed by atoms with Crippen molar-refractivity contribution in [3.05, 3.63) is 33.4 Å². The molecule has 19 heavy (non-hydrogen) atoms. The maximum Gasteiger partial charge on any atom is 0.144 e. The molecule has 0 aromatic heterocycles. The van der Waals surface area contributed by atoms with Crippen LogP contribution < -0.4 is 5.32 Å². The summed E-state index contributed by atoms with van der Waals surface area (Å²) in [6, 6.07) is 8.34. The Morgan fingerprint density at radius 1 is 1.37 bits per heavy atom. The number of Topliss-reactive ketones (excluding diaryl/α,β-unsaturated/α-hetero) is 1. The third kappa shape index (κ3) is 4.26. The monoisotopic (exact) mass is 373 g/mol. The van der Waals surface area contributed by atoms with Gasteiger partial charge in [0.15, 0.2) is 0 Å². The van der Waals surface area contributed by atoms with Gasteiger partial charge >= 0.3 is 0 Å². The van der Waals surface area contributed by atoms with E-state index in [0.717, 1.165) is 18.5 Å². The van der Waals surface area contributed by atoms with Crippen molar-refractivity contribution < 1.29 is 9.53 Å². The molecule has 1 aromatic rings. The molecule has 1 N–H and O–H groups in total. The van der Waals surface area contributed by atoms with Crippen LogP contribution in [0.4, 0.5) is 0 Å². The third-order valence-corrected chi connectivity index (χ3v) is 4.16. The summed E-state index contributed by atoms with van der Waals surface area (Å²) in [6.07, 6.45) is 1.59. The molecule has 0 aliphatic carbocycles. The lowest BCUT2D eigenvalue weighted by atomic mass is 9.93. The molecule has 2 rings (SSSR count). The van der Waals surface area contributed by atoms with Crippen molar-refractivity contribution >= 4 is 28.4 Å². The number of nitrogens with one attached hydrogen (secondary N) is 1. The highest BCUT2D eigenvalue weighted by atomic mass is 127. The molecule has 1 aromatic carbocycles. The van der Waals surface area contributed by atoms with Crippen molar-refractivity contribution in [1.82, 2.24) is 5.32 Å². The average Bonchev–Trinajstić information content (AvgIpc) is 2.87. The van der Waals surface area contributed by atoms with Gasteiger partial charge in [-0.1, -0.05) is 19.1 Å². The minimum atomic E-state index is 0.00540. The summed E-state index contributed by atoms with van der Waals surface area (Å²) in [5.41, 5.74) is 1.09. The van der Waals surface area contributed by atoms with Crippen LogP contribution >= 0.6 is 22.6 Å². The van der Waals surface area contributed by atoms with Gasteiger partial charge in [0.1, 0.15) is 5.78 Å². The van der Waals surface area contributed by atoms with E-state index in [-0.39, 0.29) is 17.7 Å². The summed E-state index contributed by atoms with van der Waals surface area (Å²) < 4.78 is 6.66. The zero-order valence-corrected chi connectivity index (χ0v) is 13.4. The number of hydrogen-bond donors (Lipinski definition) is 1. The Hall–Kier alpha value is -0.460. The highest BCUT2D eigenvalue weighted by molar-refractivity contribution is 14.1. The van der Waals surface area contributed by atoms with E-state index >= 15 is 0 Å². The van der Waals surface area contributed by atoms with Crippen LogP contribution in [0.2, 0.25) is 0 Å². The molecule has 0 radical (unpaired) electrons. The van der Waals surface area contributed by atoms with Crippen LogP contribution in [0.1, 0.15) is 18.9 Å². The van der Waals surface area contributed by atoms with Crippen LogP contribution in [0.3, 0.4) is 0 Å². The van der Waals surface area contributed by atoms with Gasteiger partial charge in [0.2, 0.25) is 0 Å². The van der Waals surface area contributed by atoms with Gasteiger partial charge in [-0.15, -0.1) is 0 Å². The number of ketones is 1. The smallest absolute Gasteiger partial charge is 0.144 e. The molecule has 0 saturated carbocycles. The Labute approximate surface area is 128 Å². The normalized spacial score (nSPS) is 22.6. The van der Waals surface area contributed by atoms with Crippen LogP contribution in [-0.4, -0.2) is 31.6 Å². The van der Waals surface area contributed by atoms with Gasteiger partial charge in [-0.3, -0.25) is 4.79 Å². The van der Waals surface area contributed by atoms with Gasteiger partial charge in [0.05, 0.1) is 19.1 Å². The van der Waals surface area contributed by atoms with E-state index in [4.69, 9.17) is 4.74 Å². The molecule has 1 heterocycles. The largest absolute Gasteiger partial charge is 0.379 e. The molecule has 2 unspecified atom stereocenters. The first kappa shape index (κ1) is 14.9. The first-order valence-corrected chi connectivity index (χ1v) is 7.87. The predicted molar refractivity (Wildman–Crippen MR) is 84.3 cm³/mol. The highest BCUT2D eigenvalue weighted by Crippen LogP contribution is 2.18. The molecule has 104 valence electrons. The maximum absolute atomic E-state index is 12.4. The SMILES string of the molecule is CCCNC1COCC1C(=O)Cc1ccc(I)cc1. The van der Waals surface area contributed by atoms with Crippen molar-refractivity contribution in [2.24, 2.45) is 5.92 Å². The van der Waals surface area contributed by atoms with Crippen LogP contribution in [-0.2, 0) is 16.0 Å². The van der Waals surface area contributed by atoms with Crippen molar-refractivity contribution in [2.75, 3.05) is 19.8 Å². The summed E-state index contributed by atoms with van der Waals surface area (Å²) >= 11 is 2.27. The molecule has 1 saturated heterocycles. The lowest BCUT2D eigenvalue weighted by Crippen LogP contribution is -2.40. The minimum Gasteiger partial charge on any atom is -0.379 e. The topological polar surface area (TPSA) is 38.3 Å². The molecule has 1 aliphatic heterocycles. The number of benzene rings is 1. The predicted octanol–water partition coefficient (Wildman–Crippen LogP) is 2.42. The van der Waals surface area contributed by atoms with E-state index < -0.39 is 0 Å². The summed E-state index contributed by atoms with van der Waals surface area (Å²) in [5.74, 6) is 0.290. The van der Waals surface area contributed by atoms with Crippen molar-refractivity contribution in [1.29, 1.82) is 0 Å². The molecule has 0 bridgehead atoms. The lowest BCUT2D eigenvalue weighted by Gasteiger charge is -2.17. The molecule has 1 aliphatic rings. The van der Waals surface area contributed by atoms with E-state index in [9.17, 15) is 4.79 Å². The maximum atomic E-state index is 12.4. The van der Waals surface area contributed by atoms with Gasteiger partial charge in [0, 0.05) is 16.0 Å². The van der Waals surface area contributed by atoms with Crippen LogP contribution in [0.5, 0.6) is 0 Å². The lowest BCUT2D eigenvalue weighted by molar-refractivity contribution is -0.122. The highest BCUT2D eigenvalue weighted by Gasteiger charge is 2.33. The third-order valence-electron chi connectivity index (χ3n) is 3.44. The summed E-state index contributed by atoms with van der Waals surface area (Å²) in [4.78, 5) is 12.4. The molecule has 0 spiro atoms. The number of carbonyl (C=O) groups is 1. The van der Waals surface area contributed by atoms with Crippen molar-refractivity contribution in [3.63, 3.8) is 0 Å². The minimum absolute atomic E-state index is 0.00540. The summed E-state index contributed by atoms with van der Waals surface area (Å²) in [7, 11) is 0. The Bertz CT molecular complexity index is 419. The Balaban J connectivity index is 1.93. The summed E-state index contributed by atoms with van der Waals surface area (Å²) in [5, 5.41) is 3.41. The first-order chi connectivity index (χ1) is 9.20. The number of hydrogen-bond acceptors (Lipinski definition) is 3. The fraction of sp³-hybridized carbons (Fsp3) is 0.533. The standard InChI is InChI=1S/C15H20INO2/c1-2-7-17-14-10-19-9-13(14)15(18)8-11-3-5-12(16)6-4-11/h3-6,13-14,17H,2,7-10H2,1H3. The zero-order chi connectivity index (χ0) is 13.7. The van der Waals surface area contributed by atoms with E-state index in [2.05, 4.69) is 34.8 Å². The van der Waals surface area contributed by atoms with Gasteiger partial charge in [-0.2, -0.15) is 0 Å². The first-order valence-electron chi connectivity index (χ1n) is 6.79. The zero-order valence-electron chi connectivity index (χ0n) is 11.2. The Morgan fingerprint density at radius 2 is 2.11 bits per heavy atom. The van der Waals surface area contributed by atoms with Gasteiger partial charge in [-0.05, 0) is 53.3 Å². The second-order valence-corrected chi connectivity index (χ2v) is 6.22. The Kier molecular flexibility index (Phi) is 5.78. The quantitative estimate of drug-likeness (QED) is 0.779. The molecule has 1 fully saturated rings. The average molecular weight is 373 g/mol. The van der Waals surface area contributed by atoms with Gasteiger partial charge in [0.25, 0.3) is 0 Å². The molecular weight excluding hydrogens is 353 g/mol. The fourth-order valence-corrected chi connectivity index (χ4v) is 2.70. The van der Waals surface area contributed by atoms with Crippen LogP contribution in [0, 0.1) is 9.49 Å². The van der Waals surface area contributed by atoms with E-state index in [0.29, 0.717) is 19.6 Å². The second-order valence-electron chi connectivity index (χ2n) is 4.97. The van der Waals surface area contributed by atoms with Gasteiger partial charge < -0.3 is 10.1 Å². The molecular formula is C15H20INO2. The second kappa shape index (κ2) is 7.36. The van der Waals surface area contributed by atoms with E-state index in [1.807, 2.05) is 24.3 Å². The number of carbonyl (C=O) groups excluding carboxylic acids is 1. The Morgan fingerprint density at radius 3 is 2.79 bits per heavy atom. The molecule has 0 amide bonds. The molecule has 4 heteroatoms. The van der Waals surface area contributed by atoms with Crippen molar-refractivity contribution in [3.8, 4) is 0 Å². The molecule has 2 atom stereocenters. The fourth-order valence-electron chi connectivity index (χ4n) is 2.34. The number of halogens is 1. The number of ether oxygens (including phenoxy) is 1. The van der Waals surface area contributed by atoms with E-state index in [1.54, 1.807) is 0 Å².